The highest BCUT2D eigenvalue weighted by molar-refractivity contribution is 6.30. The lowest BCUT2D eigenvalue weighted by atomic mass is 9.92. The normalized spacial score (nSPS) is 12.0. The highest BCUT2D eigenvalue weighted by Gasteiger charge is 2.33. The number of rotatable bonds is 37. The number of carbonyl (C=O) groups excluding carboxylic acids is 6. The fraction of sp³-hybridized carbons (Fsp3) is 0.197. The summed E-state index contributed by atoms with van der Waals surface area (Å²) < 4.78 is 69.4. The van der Waals surface area contributed by atoms with Gasteiger partial charge in [-0.15, -0.1) is 0 Å². The average Bonchev–Trinajstić information content (AvgIpc) is 0.827. The first-order valence-corrected chi connectivity index (χ1v) is 46.5. The third kappa shape index (κ3) is 35.3. The largest absolute Gasteiger partial charge is 0.497 e. The van der Waals surface area contributed by atoms with Crippen molar-refractivity contribution in [1.82, 2.24) is 15.0 Å². The Balaban J connectivity index is 0.000000180. The Morgan fingerprint density at radius 2 is 0.582 bits per heavy atom. The number of para-hydroxylation sites is 3. The van der Waals surface area contributed by atoms with Gasteiger partial charge in [-0.2, -0.15) is 18.4 Å². The van der Waals surface area contributed by atoms with E-state index in [0.29, 0.717) is 73.4 Å². The first-order chi connectivity index (χ1) is 69.7. The van der Waals surface area contributed by atoms with Crippen molar-refractivity contribution in [1.29, 1.82) is 5.26 Å². The van der Waals surface area contributed by atoms with Crippen molar-refractivity contribution in [3.8, 4) is 11.8 Å². The Kier molecular flexibility index (Phi) is 41.2. The van der Waals surface area contributed by atoms with Gasteiger partial charge in [0.15, 0.2) is 34.7 Å². The number of aryl methyl sites for hydroxylation is 3. The standard InChI is InChI=1S/C21H16F3NO3.C21H16N2O3.C20H16FNO3.C19H20O4.C18H17ClO3.C18H17FO3/c22-21(23,24)16-8-5-13(6-9-16)11-15(20(27)28)12-19(26)18-10-7-14-3-1-2-4-17(14)25-18;22-13-15-5-3-4-14(10-15)11-17(21(25)26)12-20(24)19-9-8-16-6-1-2-7-18(16)23-19;21-16-6-3-4-13(11-16)10-15(20(24)25)12-19(23)18-9-8-14-5-1-2-7-17(14)22-18;1-13-3-7-15(8-4-13)18(20)12-16(19(21)22)11-14-5-9-17(23-2)10-6-14;1-12-2-6-14(7-3-12)17(20)11-15(18(21)22)10-13-4-8-16(19)9-5-13;1-12-5-7-14(8-6-12)17(20)11-15(18(21)22)9-13-3-2-4-16(19)10-13/h1-10,15H,11-12H2,(H,27,28);1-10,17H,11-12H2,(H,25,26);1-9,11,15H,10,12H2,(H,24,25);3-10,16H,11-12H2,1-2H3,(H,21,22);2-9,15H,10-11H2,1H3,(H,21,22);2-8,10,15H,9,11H2,1H3,(H,21,22). The molecule has 23 nitrogen and oxygen atoms in total. The van der Waals surface area contributed by atoms with Crippen LogP contribution in [0.5, 0.6) is 5.75 Å². The van der Waals surface area contributed by atoms with Crippen LogP contribution in [0.3, 0.4) is 0 Å². The summed E-state index contributed by atoms with van der Waals surface area (Å²) in [6.07, 6.45) is -4.21. The summed E-state index contributed by atoms with van der Waals surface area (Å²) in [5, 5.41) is 68.6. The topological polar surface area (TPSA) is 398 Å². The Morgan fingerprint density at radius 3 is 0.863 bits per heavy atom. The van der Waals surface area contributed by atoms with Crippen LogP contribution in [0.15, 0.2) is 328 Å². The van der Waals surface area contributed by atoms with Gasteiger partial charge in [-0.05, 0) is 202 Å². The van der Waals surface area contributed by atoms with Gasteiger partial charge in [0.05, 0.1) is 76.4 Å². The molecule has 0 aliphatic heterocycles. The zero-order chi connectivity index (χ0) is 106. The average molecular weight is 2000 g/mol. The van der Waals surface area contributed by atoms with Crippen LogP contribution in [0.2, 0.25) is 5.02 Å². The number of methoxy groups -OCH3 is 1. The number of nitrogens with zero attached hydrogens (tertiary/aromatic N) is 4. The van der Waals surface area contributed by atoms with Crippen molar-refractivity contribution >= 4 is 115 Å². The molecule has 15 aromatic rings. The molecule has 146 heavy (non-hydrogen) atoms. The first kappa shape index (κ1) is 111. The van der Waals surface area contributed by atoms with E-state index in [1.807, 2.05) is 136 Å². The van der Waals surface area contributed by atoms with E-state index in [4.69, 9.17) is 21.6 Å². The number of Topliss-reactive ketones (excluding diaryl/α,β-unsaturated/α-hetero) is 6. The molecule has 6 N–H and O–H groups in total. The second-order valence-corrected chi connectivity index (χ2v) is 35.1. The second-order valence-electron chi connectivity index (χ2n) is 34.7. The predicted octanol–water partition coefficient (Wildman–Crippen LogP) is 23.6. The minimum absolute atomic E-state index is 0.00950. The molecule has 3 aromatic heterocycles. The van der Waals surface area contributed by atoms with Crippen molar-refractivity contribution in [3.63, 3.8) is 0 Å². The number of alkyl halides is 3. The summed E-state index contributed by atoms with van der Waals surface area (Å²) in [6.45, 7) is 5.80. The molecule has 0 aliphatic carbocycles. The molecule has 746 valence electrons. The van der Waals surface area contributed by atoms with E-state index in [1.165, 1.54) is 48.5 Å². The van der Waals surface area contributed by atoms with Gasteiger partial charge in [0.2, 0.25) is 0 Å². The zero-order valence-corrected chi connectivity index (χ0v) is 80.4. The lowest BCUT2D eigenvalue weighted by Gasteiger charge is -2.13. The fourth-order valence-electron chi connectivity index (χ4n) is 15.4. The number of aliphatic carboxylic acids is 6. The van der Waals surface area contributed by atoms with Gasteiger partial charge in [-0.25, -0.2) is 23.7 Å². The van der Waals surface area contributed by atoms with Crippen molar-refractivity contribution in [2.75, 3.05) is 7.11 Å². The van der Waals surface area contributed by atoms with Crippen molar-refractivity contribution in [2.24, 2.45) is 35.5 Å². The van der Waals surface area contributed by atoms with Gasteiger partial charge in [0.25, 0.3) is 0 Å². The van der Waals surface area contributed by atoms with Crippen LogP contribution in [0.1, 0.15) is 162 Å². The van der Waals surface area contributed by atoms with Crippen LogP contribution in [0.4, 0.5) is 22.0 Å². The van der Waals surface area contributed by atoms with Crippen molar-refractivity contribution < 1.29 is 115 Å². The van der Waals surface area contributed by atoms with Gasteiger partial charge in [0, 0.05) is 76.4 Å². The smallest absolute Gasteiger partial charge is 0.416 e. The van der Waals surface area contributed by atoms with E-state index in [-0.39, 0.29) is 110 Å². The van der Waals surface area contributed by atoms with E-state index in [2.05, 4.69) is 15.0 Å². The van der Waals surface area contributed by atoms with E-state index < -0.39 is 100 Å². The van der Waals surface area contributed by atoms with Crippen LogP contribution in [0, 0.1) is 79.2 Å². The lowest BCUT2D eigenvalue weighted by molar-refractivity contribution is -0.142. The summed E-state index contributed by atoms with van der Waals surface area (Å²) in [6, 6.07) is 92.4. The van der Waals surface area contributed by atoms with E-state index >= 15 is 0 Å². The molecule has 0 saturated carbocycles. The number of pyridine rings is 3. The number of carboxylic acids is 6. The Morgan fingerprint density at radius 1 is 0.315 bits per heavy atom. The summed E-state index contributed by atoms with van der Waals surface area (Å²) in [5.41, 5.74) is 11.1. The maximum Gasteiger partial charge on any atom is 0.416 e. The van der Waals surface area contributed by atoms with Crippen LogP contribution in [-0.2, 0) is 73.5 Å². The third-order valence-electron chi connectivity index (χ3n) is 23.5. The van der Waals surface area contributed by atoms with Crippen LogP contribution < -0.4 is 4.74 Å². The summed E-state index contributed by atoms with van der Waals surface area (Å²) in [4.78, 5) is 156. The minimum atomic E-state index is -4.46. The summed E-state index contributed by atoms with van der Waals surface area (Å²) >= 11 is 5.82. The van der Waals surface area contributed by atoms with Crippen LogP contribution in [-0.4, -0.2) is 123 Å². The SMILES string of the molecule is COc1ccc(CC(CC(=O)c2ccc(C)cc2)C(=O)O)cc1.Cc1ccc(C(=O)CC(Cc2ccc(Cl)cc2)C(=O)O)cc1.Cc1ccc(C(=O)CC(Cc2cccc(F)c2)C(=O)O)cc1.N#Cc1cccc(CC(CC(=O)c2ccc3ccccc3n2)C(=O)O)c1.O=C(CC(Cc1ccc(C(F)(F)F)cc1)C(=O)O)c1ccc2ccccc2n1.O=C(CC(Cc1cccc(F)c1)C(=O)O)c1ccc2ccccc2n1. The number of ketones is 6. The molecule has 0 fully saturated rings. The molecule has 0 bridgehead atoms. The van der Waals surface area contributed by atoms with E-state index in [0.717, 1.165) is 67.4 Å². The molecule has 6 atom stereocenters. The Hall–Kier alpha value is -17.1. The Bertz CT molecular complexity index is 7190. The monoisotopic (exact) mass is 2000 g/mol. The zero-order valence-electron chi connectivity index (χ0n) is 79.7. The molecule has 0 aliphatic rings. The number of carbonyl (C=O) groups is 12. The van der Waals surface area contributed by atoms with Crippen LogP contribution in [0.25, 0.3) is 32.7 Å². The van der Waals surface area contributed by atoms with Gasteiger partial charge < -0.3 is 35.4 Å². The number of benzene rings is 12. The number of carboxylic acid groups (broad SMARTS) is 6. The quantitative estimate of drug-likeness (QED) is 0.0156. The number of hydrogen-bond donors (Lipinski definition) is 6. The lowest BCUT2D eigenvalue weighted by Crippen LogP contribution is -2.21. The molecule has 3 heterocycles. The minimum Gasteiger partial charge on any atom is -0.497 e. The van der Waals surface area contributed by atoms with E-state index in [1.54, 1.807) is 165 Å². The number of hydrogen-bond acceptors (Lipinski definition) is 17. The predicted molar refractivity (Wildman–Crippen MR) is 541 cm³/mol. The molecule has 0 spiro atoms. The molecular weight excluding hydrogens is 1900 g/mol. The highest BCUT2D eigenvalue weighted by Crippen LogP contribution is 2.32. The summed E-state index contributed by atoms with van der Waals surface area (Å²) in [5.74, 6) is -13.2. The maximum atomic E-state index is 13.3. The highest BCUT2D eigenvalue weighted by atomic mass is 35.5. The van der Waals surface area contributed by atoms with Gasteiger partial charge in [0.1, 0.15) is 34.5 Å². The summed E-state index contributed by atoms with van der Waals surface area (Å²) in [7, 11) is 1.58. The van der Waals surface area contributed by atoms with Crippen molar-refractivity contribution in [2.45, 2.75) is 104 Å². The molecule has 15 rings (SSSR count). The number of nitriles is 1. The fourth-order valence-corrected chi connectivity index (χ4v) is 15.5. The van der Waals surface area contributed by atoms with Gasteiger partial charge in [-0.1, -0.05) is 247 Å². The molecule has 0 saturated heterocycles. The molecule has 29 heteroatoms. The van der Waals surface area contributed by atoms with Gasteiger partial charge >= 0.3 is 42.0 Å². The molecule has 12 aromatic carbocycles. The number of halogens is 6. The van der Waals surface area contributed by atoms with Crippen LogP contribution >= 0.6 is 11.6 Å². The number of ether oxygens (including phenoxy) is 1. The second kappa shape index (κ2) is 54.3. The first-order valence-electron chi connectivity index (χ1n) is 46.1. The maximum absolute atomic E-state index is 13.3. The third-order valence-corrected chi connectivity index (χ3v) is 23.8. The molecule has 6 unspecified atom stereocenters. The molecule has 0 radical (unpaired) electrons. The molecule has 0 amide bonds. The number of fused-ring (bicyclic) bond motifs is 3. The number of aromatic nitrogens is 3. The van der Waals surface area contributed by atoms with Gasteiger partial charge in [-0.3, -0.25) is 57.5 Å². The Labute approximate surface area is 842 Å². The van der Waals surface area contributed by atoms with E-state index in [9.17, 15) is 110 Å². The molecular formula is C117H102ClF5N4O19. The van der Waals surface area contributed by atoms with Crippen molar-refractivity contribution in [3.05, 3.63) is 439 Å².